The maximum atomic E-state index is 12.1. The summed E-state index contributed by atoms with van der Waals surface area (Å²) in [6, 6.07) is 2.11. The number of aromatic nitrogens is 5. The van der Waals surface area contributed by atoms with Crippen LogP contribution in [0.4, 0.5) is 11.6 Å². The Bertz CT molecular complexity index is 1230. The molecule has 1 amide bonds. The molecule has 0 unspecified atom stereocenters. The number of nitrogens with one attached hydrogen (secondary N) is 2. The average Bonchev–Trinajstić information content (AvgIpc) is 3.64. The van der Waals surface area contributed by atoms with Gasteiger partial charge >= 0.3 is 0 Å². The molecule has 0 atom stereocenters. The molecule has 0 bridgehead atoms. The van der Waals surface area contributed by atoms with E-state index in [0.717, 1.165) is 31.2 Å². The van der Waals surface area contributed by atoms with Crippen LogP contribution >= 0.6 is 0 Å². The highest BCUT2D eigenvalue weighted by Gasteiger charge is 2.30. The summed E-state index contributed by atoms with van der Waals surface area (Å²) < 4.78 is 24.3. The van der Waals surface area contributed by atoms with E-state index in [-0.39, 0.29) is 23.2 Å². The highest BCUT2D eigenvalue weighted by atomic mass is 16.2. The fraction of sp³-hybridized carbons (Fsp3) is 0.350. The third kappa shape index (κ3) is 3.27. The fourth-order valence-electron chi connectivity index (χ4n) is 2.94. The van der Waals surface area contributed by atoms with Crippen molar-refractivity contribution in [2.24, 2.45) is 5.92 Å². The molecule has 5 rings (SSSR count). The number of nitrogens with zero attached hydrogens (tertiary/aromatic N) is 5. The number of anilines is 2. The van der Waals surface area contributed by atoms with Crippen LogP contribution in [0.3, 0.4) is 0 Å². The molecule has 2 aliphatic carbocycles. The number of carbonyl (C=O) groups excluding carboxylic acids is 1. The van der Waals surface area contributed by atoms with Gasteiger partial charge in [0.05, 0.1) is 23.4 Å². The van der Waals surface area contributed by atoms with E-state index in [4.69, 9.17) is 4.11 Å². The van der Waals surface area contributed by atoms with Crippen molar-refractivity contribution in [3.05, 3.63) is 35.8 Å². The van der Waals surface area contributed by atoms with Gasteiger partial charge in [0, 0.05) is 34.8 Å². The van der Waals surface area contributed by atoms with Crippen LogP contribution in [-0.4, -0.2) is 37.8 Å². The van der Waals surface area contributed by atoms with E-state index in [1.165, 1.54) is 6.20 Å². The summed E-state index contributed by atoms with van der Waals surface area (Å²) in [5.74, 6) is 6.43. The van der Waals surface area contributed by atoms with Gasteiger partial charge in [-0.05, 0) is 31.7 Å². The lowest BCUT2D eigenvalue weighted by Crippen LogP contribution is -2.15. The van der Waals surface area contributed by atoms with Gasteiger partial charge in [-0.1, -0.05) is 11.8 Å². The van der Waals surface area contributed by atoms with Crippen molar-refractivity contribution in [1.29, 1.82) is 0 Å². The molecule has 3 heterocycles. The predicted octanol–water partition coefficient (Wildman–Crippen LogP) is 2.35. The van der Waals surface area contributed by atoms with Gasteiger partial charge in [-0.3, -0.25) is 9.48 Å². The molecule has 2 N–H and O–H groups in total. The molecule has 28 heavy (non-hydrogen) atoms. The zero-order valence-electron chi connectivity index (χ0n) is 17.9. The van der Waals surface area contributed by atoms with E-state index < -0.39 is 6.98 Å². The van der Waals surface area contributed by atoms with Crippen LogP contribution in [0, 0.1) is 17.8 Å². The Labute approximate surface area is 166 Å². The first-order valence-corrected chi connectivity index (χ1v) is 9.17. The molecule has 2 aliphatic rings. The lowest BCUT2D eigenvalue weighted by molar-refractivity contribution is -0.117. The summed E-state index contributed by atoms with van der Waals surface area (Å²) in [6.45, 7) is -2.44. The molecule has 0 saturated heterocycles. The standard InChI is InChI=1S/C20H19N7O/c1-21-19-18-16(8-17(25-26-18)24-20(28)13-4-5-13)14(10-22-19)3-2-12-9-23-27(11-12)15-6-7-15/h8-11,13,15H,4-7H2,1H3,(H,21,22)(H,24,25,28)/i1D3. The Balaban J connectivity index is 1.52. The molecule has 2 saturated carbocycles. The minimum atomic E-state index is -2.44. The van der Waals surface area contributed by atoms with Crippen molar-refractivity contribution in [3.63, 3.8) is 0 Å². The molecule has 0 aromatic carbocycles. The molecule has 140 valence electrons. The smallest absolute Gasteiger partial charge is 0.228 e. The summed E-state index contributed by atoms with van der Waals surface area (Å²) in [7, 11) is 0. The van der Waals surface area contributed by atoms with E-state index in [0.29, 0.717) is 22.8 Å². The van der Waals surface area contributed by atoms with E-state index >= 15 is 0 Å². The lowest BCUT2D eigenvalue weighted by atomic mass is 10.1. The second-order valence-electron chi connectivity index (χ2n) is 7.09. The van der Waals surface area contributed by atoms with Crippen LogP contribution in [0.2, 0.25) is 0 Å². The Kier molecular flexibility index (Phi) is 3.22. The Hall–Kier alpha value is -3.47. The molecular formula is C20H19N7O. The van der Waals surface area contributed by atoms with Crippen molar-refractivity contribution in [3.8, 4) is 11.8 Å². The SMILES string of the molecule is [2H]C([2H])([2H])Nc1ncc(C#Cc2cnn(C3CC3)c2)c2cc(NC(=O)C3CC3)nnc12. The summed E-state index contributed by atoms with van der Waals surface area (Å²) in [5.41, 5.74) is 1.58. The van der Waals surface area contributed by atoms with Crippen molar-refractivity contribution >= 4 is 28.4 Å². The van der Waals surface area contributed by atoms with Gasteiger partial charge in [0.2, 0.25) is 5.91 Å². The van der Waals surface area contributed by atoms with E-state index in [2.05, 4.69) is 42.8 Å². The van der Waals surface area contributed by atoms with E-state index in [1.807, 2.05) is 10.9 Å². The largest absolute Gasteiger partial charge is 0.371 e. The Morgan fingerprint density at radius 2 is 2.14 bits per heavy atom. The van der Waals surface area contributed by atoms with Crippen molar-refractivity contribution in [1.82, 2.24) is 25.0 Å². The molecule has 8 heteroatoms. The van der Waals surface area contributed by atoms with Gasteiger partial charge in [-0.2, -0.15) is 5.10 Å². The van der Waals surface area contributed by atoms with Crippen LogP contribution in [0.5, 0.6) is 0 Å². The summed E-state index contributed by atoms with van der Waals surface area (Å²) >= 11 is 0. The average molecular weight is 376 g/mol. The molecule has 3 aromatic heterocycles. The topological polar surface area (TPSA) is 97.6 Å². The number of fused-ring (bicyclic) bond motifs is 1. The number of rotatable bonds is 4. The minimum absolute atomic E-state index is 0.0185. The van der Waals surface area contributed by atoms with Gasteiger partial charge in [0.1, 0.15) is 5.52 Å². The van der Waals surface area contributed by atoms with Crippen LogP contribution in [0.1, 0.15) is 47.0 Å². The van der Waals surface area contributed by atoms with Gasteiger partial charge < -0.3 is 10.6 Å². The quantitative estimate of drug-likeness (QED) is 0.679. The first kappa shape index (κ1) is 13.7. The monoisotopic (exact) mass is 376 g/mol. The maximum absolute atomic E-state index is 12.1. The van der Waals surface area contributed by atoms with Gasteiger partial charge in [0.25, 0.3) is 0 Å². The van der Waals surface area contributed by atoms with Crippen molar-refractivity contribution < 1.29 is 8.91 Å². The molecule has 8 nitrogen and oxygen atoms in total. The normalized spacial score (nSPS) is 17.8. The molecule has 2 fully saturated rings. The zero-order chi connectivity index (χ0) is 21.6. The summed E-state index contributed by atoms with van der Waals surface area (Å²) in [5, 5.41) is 18.2. The molecule has 0 spiro atoms. The first-order chi connectivity index (χ1) is 14.9. The third-order valence-electron chi connectivity index (χ3n) is 4.81. The second kappa shape index (κ2) is 6.60. The van der Waals surface area contributed by atoms with Gasteiger partial charge in [-0.25, -0.2) is 4.98 Å². The Morgan fingerprint density at radius 1 is 1.25 bits per heavy atom. The maximum Gasteiger partial charge on any atom is 0.228 e. The molecule has 0 radical (unpaired) electrons. The van der Waals surface area contributed by atoms with Crippen LogP contribution in [0.25, 0.3) is 10.9 Å². The molecule has 3 aromatic rings. The molecular weight excluding hydrogens is 354 g/mol. The van der Waals surface area contributed by atoms with Crippen LogP contribution < -0.4 is 10.6 Å². The van der Waals surface area contributed by atoms with Crippen LogP contribution in [0.15, 0.2) is 24.7 Å². The van der Waals surface area contributed by atoms with Crippen molar-refractivity contribution in [2.75, 3.05) is 17.6 Å². The van der Waals surface area contributed by atoms with Gasteiger partial charge in [0.15, 0.2) is 11.6 Å². The highest BCUT2D eigenvalue weighted by molar-refractivity contribution is 5.97. The highest BCUT2D eigenvalue weighted by Crippen LogP contribution is 2.34. The van der Waals surface area contributed by atoms with E-state index in [1.54, 1.807) is 12.3 Å². The zero-order valence-corrected chi connectivity index (χ0v) is 14.9. The lowest BCUT2D eigenvalue weighted by Gasteiger charge is -2.08. The van der Waals surface area contributed by atoms with Crippen molar-refractivity contribution in [2.45, 2.75) is 31.7 Å². The minimum Gasteiger partial charge on any atom is -0.371 e. The number of pyridine rings is 1. The number of hydrogen-bond acceptors (Lipinski definition) is 6. The number of hydrogen-bond donors (Lipinski definition) is 2. The van der Waals surface area contributed by atoms with Crippen LogP contribution in [-0.2, 0) is 4.79 Å². The molecule has 0 aliphatic heterocycles. The van der Waals surface area contributed by atoms with E-state index in [9.17, 15) is 4.79 Å². The third-order valence-corrected chi connectivity index (χ3v) is 4.81. The number of amides is 1. The van der Waals surface area contributed by atoms with Gasteiger partial charge in [-0.15, -0.1) is 10.2 Å². The number of carbonyl (C=O) groups is 1. The summed E-state index contributed by atoms with van der Waals surface area (Å²) in [4.78, 5) is 16.3. The predicted molar refractivity (Wildman–Crippen MR) is 105 cm³/mol. The fourth-order valence-corrected chi connectivity index (χ4v) is 2.94. The second-order valence-corrected chi connectivity index (χ2v) is 7.09. The summed E-state index contributed by atoms with van der Waals surface area (Å²) in [6.07, 6.45) is 9.12. The first-order valence-electron chi connectivity index (χ1n) is 10.7. The Morgan fingerprint density at radius 3 is 2.93 bits per heavy atom.